The van der Waals surface area contributed by atoms with Gasteiger partial charge in [0.25, 0.3) is 0 Å². The Hall–Kier alpha value is -2.58. The Labute approximate surface area is 214 Å². The zero-order valence-electron chi connectivity index (χ0n) is 21.2. The van der Waals surface area contributed by atoms with Crippen LogP contribution in [-0.2, 0) is 26.2 Å². The minimum absolute atomic E-state index is 0.0899. The second-order valence-electron chi connectivity index (χ2n) is 8.86. The number of nitrogens with zero attached hydrogens (tertiary/aromatic N) is 2. The van der Waals surface area contributed by atoms with E-state index >= 15 is 0 Å². The van der Waals surface area contributed by atoms with Gasteiger partial charge in [0.05, 0.1) is 11.9 Å². The number of hydrogen-bond acceptors (Lipinski definition) is 4. The molecule has 1 N–H and O–H groups in total. The first-order valence-electron chi connectivity index (χ1n) is 11.8. The number of sulfonamides is 1. The summed E-state index contributed by atoms with van der Waals surface area (Å²) in [6.07, 6.45) is 2.35. The van der Waals surface area contributed by atoms with Crippen LogP contribution < -0.4 is 9.62 Å². The highest BCUT2D eigenvalue weighted by Gasteiger charge is 2.27. The van der Waals surface area contributed by atoms with Gasteiger partial charge in [0, 0.05) is 31.1 Å². The van der Waals surface area contributed by atoms with Crippen molar-refractivity contribution < 1.29 is 18.0 Å². The lowest BCUT2D eigenvalue weighted by Gasteiger charge is -2.29. The minimum Gasteiger partial charge on any atom is -0.354 e. The predicted octanol–water partition coefficient (Wildman–Crippen LogP) is 4.45. The van der Waals surface area contributed by atoms with Gasteiger partial charge in [-0.25, -0.2) is 8.42 Å². The fourth-order valence-electron chi connectivity index (χ4n) is 3.89. The summed E-state index contributed by atoms with van der Waals surface area (Å²) < 4.78 is 26.3. The van der Waals surface area contributed by atoms with Gasteiger partial charge in [0.15, 0.2) is 0 Å². The predicted molar refractivity (Wildman–Crippen MR) is 142 cm³/mol. The third kappa shape index (κ3) is 8.54. The van der Waals surface area contributed by atoms with Gasteiger partial charge in [-0.05, 0) is 68.5 Å². The average molecular weight is 522 g/mol. The number of hydrogen-bond donors (Lipinski definition) is 1. The molecule has 2 aromatic rings. The molecule has 2 rings (SSSR count). The molecule has 192 valence electrons. The summed E-state index contributed by atoms with van der Waals surface area (Å²) in [7, 11) is -3.54. The molecule has 0 aliphatic carbocycles. The fraction of sp³-hybridized carbons (Fsp3) is 0.462. The first-order valence-corrected chi connectivity index (χ1v) is 14.0. The molecule has 1 atom stereocenters. The Balaban J connectivity index is 2.19. The van der Waals surface area contributed by atoms with Crippen LogP contribution in [0.3, 0.4) is 0 Å². The van der Waals surface area contributed by atoms with Crippen molar-refractivity contribution in [2.45, 2.75) is 59.5 Å². The normalized spacial score (nSPS) is 12.2. The fourth-order valence-corrected chi connectivity index (χ4v) is 5.03. The van der Waals surface area contributed by atoms with Crippen LogP contribution in [0, 0.1) is 13.8 Å². The van der Waals surface area contributed by atoms with Crippen LogP contribution in [0.4, 0.5) is 5.69 Å². The van der Waals surface area contributed by atoms with Gasteiger partial charge in [0.2, 0.25) is 21.8 Å². The molecule has 0 saturated carbocycles. The quantitative estimate of drug-likeness (QED) is 0.447. The molecule has 0 radical (unpaired) electrons. The number of benzene rings is 2. The Morgan fingerprint density at radius 2 is 1.71 bits per heavy atom. The van der Waals surface area contributed by atoms with Crippen molar-refractivity contribution in [1.29, 1.82) is 0 Å². The molecule has 2 aromatic carbocycles. The summed E-state index contributed by atoms with van der Waals surface area (Å²) in [6.45, 7) is 8.35. The van der Waals surface area contributed by atoms with Crippen LogP contribution in [0.25, 0.3) is 0 Å². The Morgan fingerprint density at radius 3 is 2.29 bits per heavy atom. The third-order valence-electron chi connectivity index (χ3n) is 5.66. The highest BCUT2D eigenvalue weighted by Crippen LogP contribution is 2.23. The molecule has 0 bridgehead atoms. The van der Waals surface area contributed by atoms with Crippen LogP contribution in [0.5, 0.6) is 0 Å². The molecule has 0 unspecified atom stereocenters. The minimum atomic E-state index is -3.54. The molecule has 0 aliphatic heterocycles. The van der Waals surface area contributed by atoms with Crippen molar-refractivity contribution in [3.05, 3.63) is 64.2 Å². The van der Waals surface area contributed by atoms with Crippen LogP contribution in [0.15, 0.2) is 42.5 Å². The summed E-state index contributed by atoms with van der Waals surface area (Å²) in [5.41, 5.74) is 3.24. The number of halogens is 1. The number of aryl methyl sites for hydroxylation is 2. The second kappa shape index (κ2) is 12.9. The van der Waals surface area contributed by atoms with Crippen molar-refractivity contribution in [3.63, 3.8) is 0 Å². The molecule has 35 heavy (non-hydrogen) atoms. The highest BCUT2D eigenvalue weighted by atomic mass is 35.5. The molecular weight excluding hydrogens is 486 g/mol. The van der Waals surface area contributed by atoms with E-state index in [1.54, 1.807) is 13.0 Å². The van der Waals surface area contributed by atoms with Crippen LogP contribution in [0.2, 0.25) is 5.02 Å². The van der Waals surface area contributed by atoms with Gasteiger partial charge in [-0.2, -0.15) is 0 Å². The average Bonchev–Trinajstić information content (AvgIpc) is 2.77. The standard InChI is InChI=1S/C26H36ClN3O4S/c1-6-13-28-26(32)21(4)29(18-22-10-7-8-11-24(22)27)25(31)12-9-14-30(35(5,33)34)23-16-19(2)15-20(3)17-23/h7-8,10-11,15-17,21H,6,9,12-14,18H2,1-5H3,(H,28,32)/t21-/m1/s1. The molecule has 7 nitrogen and oxygen atoms in total. The van der Waals surface area contributed by atoms with Gasteiger partial charge in [0.1, 0.15) is 6.04 Å². The first-order chi connectivity index (χ1) is 16.4. The second-order valence-corrected chi connectivity index (χ2v) is 11.2. The largest absolute Gasteiger partial charge is 0.354 e. The maximum absolute atomic E-state index is 13.3. The summed E-state index contributed by atoms with van der Waals surface area (Å²) in [4.78, 5) is 27.5. The summed E-state index contributed by atoms with van der Waals surface area (Å²) in [5.74, 6) is -0.474. The number of carbonyl (C=O) groups is 2. The Morgan fingerprint density at radius 1 is 1.09 bits per heavy atom. The van der Waals surface area contributed by atoms with Gasteiger partial charge in [-0.3, -0.25) is 13.9 Å². The molecule has 0 saturated heterocycles. The van der Waals surface area contributed by atoms with Gasteiger partial charge in [-0.1, -0.05) is 42.8 Å². The molecule has 9 heteroatoms. The summed E-state index contributed by atoms with van der Waals surface area (Å²) in [6, 6.07) is 12.1. The Bertz CT molecular complexity index is 1120. The summed E-state index contributed by atoms with van der Waals surface area (Å²) >= 11 is 6.32. The molecule has 0 spiro atoms. The maximum Gasteiger partial charge on any atom is 0.242 e. The number of nitrogens with one attached hydrogen (secondary N) is 1. The number of rotatable bonds is 12. The molecule has 0 fully saturated rings. The van der Waals surface area contributed by atoms with Gasteiger partial charge < -0.3 is 10.2 Å². The van der Waals surface area contributed by atoms with E-state index in [0.29, 0.717) is 23.7 Å². The lowest BCUT2D eigenvalue weighted by Crippen LogP contribution is -2.48. The van der Waals surface area contributed by atoms with Crippen LogP contribution in [0.1, 0.15) is 49.8 Å². The van der Waals surface area contributed by atoms with Gasteiger partial charge in [-0.15, -0.1) is 0 Å². The van der Waals surface area contributed by atoms with Crippen LogP contribution in [-0.4, -0.2) is 50.5 Å². The topological polar surface area (TPSA) is 86.8 Å². The lowest BCUT2D eigenvalue weighted by molar-refractivity contribution is -0.140. The van der Waals surface area contributed by atoms with Crippen molar-refractivity contribution >= 4 is 39.1 Å². The van der Waals surface area contributed by atoms with E-state index in [1.165, 1.54) is 9.21 Å². The third-order valence-corrected chi connectivity index (χ3v) is 7.22. The SMILES string of the molecule is CCCNC(=O)[C@@H](C)N(Cc1ccccc1Cl)C(=O)CCCN(c1cc(C)cc(C)c1)S(C)(=O)=O. The molecule has 0 heterocycles. The van der Waals surface area contributed by atoms with E-state index in [2.05, 4.69) is 5.32 Å². The molecule has 2 amide bonds. The lowest BCUT2D eigenvalue weighted by atomic mass is 10.1. The molecule has 0 aliphatic rings. The number of amides is 2. The van der Waals surface area contributed by atoms with E-state index in [9.17, 15) is 18.0 Å². The Kier molecular flexibility index (Phi) is 10.6. The first kappa shape index (κ1) is 28.7. The number of carbonyl (C=O) groups excluding carboxylic acids is 2. The van der Waals surface area contributed by atoms with E-state index in [-0.39, 0.29) is 31.3 Å². The smallest absolute Gasteiger partial charge is 0.242 e. The monoisotopic (exact) mass is 521 g/mol. The van der Waals surface area contributed by atoms with E-state index in [0.717, 1.165) is 29.4 Å². The van der Waals surface area contributed by atoms with Gasteiger partial charge >= 0.3 is 0 Å². The zero-order chi connectivity index (χ0) is 26.2. The number of anilines is 1. The molecular formula is C26H36ClN3O4S. The highest BCUT2D eigenvalue weighted by molar-refractivity contribution is 7.92. The van der Waals surface area contributed by atoms with Crippen molar-refractivity contribution in [1.82, 2.24) is 10.2 Å². The van der Waals surface area contributed by atoms with Crippen molar-refractivity contribution in [2.75, 3.05) is 23.7 Å². The molecule has 0 aromatic heterocycles. The summed E-state index contributed by atoms with van der Waals surface area (Å²) in [5, 5.41) is 3.36. The maximum atomic E-state index is 13.3. The van der Waals surface area contributed by atoms with Crippen molar-refractivity contribution in [2.24, 2.45) is 0 Å². The van der Waals surface area contributed by atoms with Crippen LogP contribution >= 0.6 is 11.6 Å². The van der Waals surface area contributed by atoms with E-state index < -0.39 is 16.1 Å². The van der Waals surface area contributed by atoms with Crippen molar-refractivity contribution in [3.8, 4) is 0 Å². The van der Waals surface area contributed by atoms with E-state index in [4.69, 9.17) is 11.6 Å². The zero-order valence-corrected chi connectivity index (χ0v) is 22.7. The van der Waals surface area contributed by atoms with E-state index in [1.807, 2.05) is 57.2 Å².